The number of hydrogen-bond donors (Lipinski definition) is 2. The molecule has 21 heavy (non-hydrogen) atoms. The van der Waals surface area contributed by atoms with Crippen LogP contribution in [0.3, 0.4) is 0 Å². The van der Waals surface area contributed by atoms with Crippen molar-refractivity contribution in [2.75, 3.05) is 33.1 Å². The van der Waals surface area contributed by atoms with Gasteiger partial charge in [-0.2, -0.15) is 0 Å². The number of benzene rings is 1. The number of hydrogen-bond acceptors (Lipinski definition) is 4. The molecule has 0 aliphatic carbocycles. The molecule has 2 rings (SSSR count). The van der Waals surface area contributed by atoms with E-state index < -0.39 is 0 Å². The topological polar surface area (TPSA) is 70.2 Å². The summed E-state index contributed by atoms with van der Waals surface area (Å²) in [5.41, 5.74) is 0.703. The summed E-state index contributed by atoms with van der Waals surface area (Å²) in [6.07, 6.45) is 3.37. The van der Waals surface area contributed by atoms with Gasteiger partial charge in [-0.3, -0.25) is 4.79 Å². The molecule has 0 aliphatic heterocycles. The predicted molar refractivity (Wildman–Crippen MR) is 81.5 cm³/mol. The lowest BCUT2D eigenvalue weighted by atomic mass is 10.1. The molecule has 2 aromatic rings. The number of likely N-dealkylation sites (N-methyl/N-ethyl adjacent to an activating group) is 1. The number of H-pyrrole nitrogens is 1. The summed E-state index contributed by atoms with van der Waals surface area (Å²) in [6.45, 7) is 0.573. The zero-order valence-electron chi connectivity index (χ0n) is 12.5. The van der Waals surface area contributed by atoms with E-state index in [-0.39, 0.29) is 11.8 Å². The zero-order chi connectivity index (χ0) is 15.2. The molecule has 0 saturated carbocycles. The van der Waals surface area contributed by atoms with E-state index in [1.165, 1.54) is 0 Å². The number of aromatic amines is 1. The van der Waals surface area contributed by atoms with E-state index >= 15 is 0 Å². The number of carbonyl (C=O) groups excluding carboxylic acids is 1. The Balaban J connectivity index is 2.14. The molecule has 1 unspecified atom stereocenters. The fraction of sp³-hybridized carbons (Fsp3) is 0.333. The maximum absolute atomic E-state index is 12.5. The average molecular weight is 288 g/mol. The molecule has 112 valence electrons. The highest BCUT2D eigenvalue weighted by Gasteiger charge is 2.23. The van der Waals surface area contributed by atoms with Crippen molar-refractivity contribution >= 4 is 11.6 Å². The molecule has 1 atom stereocenters. The molecule has 0 radical (unpaired) electrons. The van der Waals surface area contributed by atoms with E-state index in [9.17, 15) is 4.79 Å². The van der Waals surface area contributed by atoms with Crippen LogP contribution in [0.4, 0.5) is 5.69 Å². The van der Waals surface area contributed by atoms with Gasteiger partial charge in [-0.05, 0) is 26.2 Å². The van der Waals surface area contributed by atoms with Gasteiger partial charge in [0, 0.05) is 30.7 Å². The van der Waals surface area contributed by atoms with Gasteiger partial charge in [-0.25, -0.2) is 4.98 Å². The van der Waals surface area contributed by atoms with E-state index in [0.717, 1.165) is 0 Å². The van der Waals surface area contributed by atoms with Crippen molar-refractivity contribution in [2.24, 2.45) is 0 Å². The Morgan fingerprint density at radius 2 is 2.29 bits per heavy atom. The van der Waals surface area contributed by atoms with Crippen molar-refractivity contribution in [2.45, 2.75) is 5.92 Å². The number of amides is 1. The SMILES string of the molecule is COc1cccc(NC(=O)C(CN(C)C)c2ncc[nH]2)c1. The molecule has 6 heteroatoms. The fourth-order valence-corrected chi connectivity index (χ4v) is 2.06. The van der Waals surface area contributed by atoms with E-state index in [1.54, 1.807) is 25.6 Å². The second-order valence-corrected chi connectivity index (χ2v) is 5.01. The number of imidazole rings is 1. The van der Waals surface area contributed by atoms with Crippen LogP contribution in [0, 0.1) is 0 Å². The molecule has 0 saturated heterocycles. The lowest BCUT2D eigenvalue weighted by Gasteiger charge is -2.19. The molecule has 1 aromatic heterocycles. The van der Waals surface area contributed by atoms with Crippen molar-refractivity contribution in [1.29, 1.82) is 0 Å². The van der Waals surface area contributed by atoms with Crippen LogP contribution < -0.4 is 10.1 Å². The van der Waals surface area contributed by atoms with Crippen molar-refractivity contribution < 1.29 is 9.53 Å². The molecule has 0 spiro atoms. The molecule has 0 aliphatic rings. The molecular weight excluding hydrogens is 268 g/mol. The first-order valence-corrected chi connectivity index (χ1v) is 6.69. The normalized spacial score (nSPS) is 12.2. The number of carbonyl (C=O) groups is 1. The lowest BCUT2D eigenvalue weighted by molar-refractivity contribution is -0.118. The van der Waals surface area contributed by atoms with Gasteiger partial charge in [0.1, 0.15) is 17.5 Å². The molecule has 6 nitrogen and oxygen atoms in total. The van der Waals surface area contributed by atoms with Gasteiger partial charge >= 0.3 is 0 Å². The van der Waals surface area contributed by atoms with Gasteiger partial charge in [0.25, 0.3) is 0 Å². The minimum Gasteiger partial charge on any atom is -0.497 e. The minimum absolute atomic E-state index is 0.105. The summed E-state index contributed by atoms with van der Waals surface area (Å²) >= 11 is 0. The largest absolute Gasteiger partial charge is 0.497 e. The van der Waals surface area contributed by atoms with Gasteiger partial charge in [-0.15, -0.1) is 0 Å². The summed E-state index contributed by atoms with van der Waals surface area (Å²) in [7, 11) is 5.45. The van der Waals surface area contributed by atoms with Crippen LogP contribution >= 0.6 is 0 Å². The quantitative estimate of drug-likeness (QED) is 0.849. The maximum atomic E-state index is 12.5. The predicted octanol–water partition coefficient (Wildman–Crippen LogP) is 1.70. The van der Waals surface area contributed by atoms with E-state index in [0.29, 0.717) is 23.8 Å². The van der Waals surface area contributed by atoms with Gasteiger partial charge in [0.2, 0.25) is 5.91 Å². The van der Waals surface area contributed by atoms with Crippen LogP contribution in [0.5, 0.6) is 5.75 Å². The number of methoxy groups -OCH3 is 1. The summed E-state index contributed by atoms with van der Waals surface area (Å²) in [5.74, 6) is 0.896. The summed E-state index contributed by atoms with van der Waals surface area (Å²) in [6, 6.07) is 7.28. The number of aromatic nitrogens is 2. The lowest BCUT2D eigenvalue weighted by Crippen LogP contribution is -2.31. The Bertz CT molecular complexity index is 581. The fourth-order valence-electron chi connectivity index (χ4n) is 2.06. The third-order valence-electron chi connectivity index (χ3n) is 3.05. The second-order valence-electron chi connectivity index (χ2n) is 5.01. The Hall–Kier alpha value is -2.34. The summed E-state index contributed by atoms with van der Waals surface area (Å²) in [5, 5.41) is 2.90. The minimum atomic E-state index is -0.360. The molecule has 1 heterocycles. The first-order valence-electron chi connectivity index (χ1n) is 6.69. The molecule has 1 aromatic carbocycles. The third kappa shape index (κ3) is 4.06. The summed E-state index contributed by atoms with van der Waals surface area (Å²) < 4.78 is 5.16. The number of nitrogens with one attached hydrogen (secondary N) is 2. The highest BCUT2D eigenvalue weighted by atomic mass is 16.5. The van der Waals surface area contributed by atoms with E-state index in [1.807, 2.05) is 37.2 Å². The van der Waals surface area contributed by atoms with E-state index in [4.69, 9.17) is 4.74 Å². The average Bonchev–Trinajstić information content (AvgIpc) is 2.98. The second kappa shape index (κ2) is 6.90. The monoisotopic (exact) mass is 288 g/mol. The van der Waals surface area contributed by atoms with Crippen LogP contribution in [0.25, 0.3) is 0 Å². The Morgan fingerprint density at radius 1 is 1.48 bits per heavy atom. The highest BCUT2D eigenvalue weighted by Crippen LogP contribution is 2.20. The molecule has 0 bridgehead atoms. The van der Waals surface area contributed by atoms with Crippen LogP contribution in [-0.2, 0) is 4.79 Å². The van der Waals surface area contributed by atoms with Gasteiger partial charge < -0.3 is 19.9 Å². The first-order chi connectivity index (χ1) is 10.1. The maximum Gasteiger partial charge on any atom is 0.236 e. The van der Waals surface area contributed by atoms with Crippen molar-refractivity contribution in [3.05, 3.63) is 42.5 Å². The van der Waals surface area contributed by atoms with Crippen molar-refractivity contribution in [1.82, 2.24) is 14.9 Å². The van der Waals surface area contributed by atoms with Crippen LogP contribution in [-0.4, -0.2) is 48.5 Å². The number of anilines is 1. The number of ether oxygens (including phenoxy) is 1. The number of rotatable bonds is 6. The van der Waals surface area contributed by atoms with Crippen molar-refractivity contribution in [3.63, 3.8) is 0 Å². The molecule has 0 fully saturated rings. The third-order valence-corrected chi connectivity index (χ3v) is 3.05. The van der Waals surface area contributed by atoms with Crippen molar-refractivity contribution in [3.8, 4) is 5.75 Å². The van der Waals surface area contributed by atoms with Gasteiger partial charge in [-0.1, -0.05) is 6.07 Å². The van der Waals surface area contributed by atoms with Gasteiger partial charge in [0.05, 0.1) is 7.11 Å². The standard InChI is InChI=1S/C15H20N4O2/c1-19(2)10-13(14-16-7-8-17-14)15(20)18-11-5-4-6-12(9-11)21-3/h4-9,13H,10H2,1-3H3,(H,16,17)(H,18,20). The highest BCUT2D eigenvalue weighted by molar-refractivity contribution is 5.95. The Kier molecular flexibility index (Phi) is 4.94. The first kappa shape index (κ1) is 15.1. The molecule has 1 amide bonds. The Morgan fingerprint density at radius 3 is 2.90 bits per heavy atom. The molecule has 2 N–H and O–H groups in total. The van der Waals surface area contributed by atoms with Crippen LogP contribution in [0.1, 0.15) is 11.7 Å². The number of nitrogens with zero attached hydrogens (tertiary/aromatic N) is 2. The van der Waals surface area contributed by atoms with E-state index in [2.05, 4.69) is 15.3 Å². The smallest absolute Gasteiger partial charge is 0.236 e. The van der Waals surface area contributed by atoms with Crippen LogP contribution in [0.2, 0.25) is 0 Å². The van der Waals surface area contributed by atoms with Crippen LogP contribution in [0.15, 0.2) is 36.7 Å². The Labute approximate surface area is 124 Å². The summed E-state index contributed by atoms with van der Waals surface area (Å²) in [4.78, 5) is 21.7. The zero-order valence-corrected chi connectivity index (χ0v) is 12.5. The molecular formula is C15H20N4O2. The van der Waals surface area contributed by atoms with Gasteiger partial charge in [0.15, 0.2) is 0 Å².